The molecule has 3 nitrogen and oxygen atoms in total. The molecule has 0 saturated heterocycles. The average molecular weight is 286 g/mol. The van der Waals surface area contributed by atoms with Crippen LogP contribution in [0.15, 0.2) is 36.5 Å². The molecule has 0 amide bonds. The second-order valence-corrected chi connectivity index (χ2v) is 5.34. The summed E-state index contributed by atoms with van der Waals surface area (Å²) in [7, 11) is 0. The van der Waals surface area contributed by atoms with Crippen molar-refractivity contribution in [1.29, 1.82) is 0 Å². The van der Waals surface area contributed by atoms with E-state index in [4.69, 9.17) is 4.74 Å². The van der Waals surface area contributed by atoms with Gasteiger partial charge in [-0.1, -0.05) is 38.0 Å². The molecule has 1 heterocycles. The quantitative estimate of drug-likeness (QED) is 0.665. The lowest BCUT2D eigenvalue weighted by atomic mass is 10.2. The van der Waals surface area contributed by atoms with E-state index in [0.717, 1.165) is 42.8 Å². The maximum atomic E-state index is 5.89. The minimum atomic E-state index is 0.776. The monoisotopic (exact) mass is 286 g/mol. The van der Waals surface area contributed by atoms with Crippen LogP contribution < -0.4 is 10.1 Å². The van der Waals surface area contributed by atoms with Crippen molar-refractivity contribution in [2.24, 2.45) is 0 Å². The first-order valence-corrected chi connectivity index (χ1v) is 8.09. The van der Waals surface area contributed by atoms with Gasteiger partial charge < -0.3 is 10.1 Å². The maximum Gasteiger partial charge on any atom is 0.145 e. The van der Waals surface area contributed by atoms with Gasteiger partial charge in [0.2, 0.25) is 0 Å². The van der Waals surface area contributed by atoms with Crippen LogP contribution in [0.4, 0.5) is 0 Å². The molecule has 2 aromatic rings. The topological polar surface area (TPSA) is 34.1 Å². The van der Waals surface area contributed by atoms with Gasteiger partial charge in [-0.05, 0) is 44.5 Å². The minimum absolute atomic E-state index is 0.776. The van der Waals surface area contributed by atoms with E-state index in [-0.39, 0.29) is 0 Å². The predicted octanol–water partition coefficient (Wildman–Crippen LogP) is 4.17. The number of unbranched alkanes of at least 4 members (excludes halogenated alkanes) is 3. The van der Waals surface area contributed by atoms with Gasteiger partial charge in [-0.25, -0.2) is 0 Å². The molecule has 0 atom stereocenters. The molecule has 0 unspecified atom stereocenters. The number of ether oxygens (including phenoxy) is 1. The Morgan fingerprint density at radius 2 is 1.86 bits per heavy atom. The van der Waals surface area contributed by atoms with Gasteiger partial charge in [0.15, 0.2) is 0 Å². The molecule has 1 aromatic carbocycles. The van der Waals surface area contributed by atoms with Crippen LogP contribution in [0.25, 0.3) is 10.9 Å². The van der Waals surface area contributed by atoms with Crippen LogP contribution in [0.3, 0.4) is 0 Å². The predicted molar refractivity (Wildman–Crippen MR) is 88.9 cm³/mol. The van der Waals surface area contributed by atoms with Gasteiger partial charge in [-0.15, -0.1) is 0 Å². The van der Waals surface area contributed by atoms with Gasteiger partial charge >= 0.3 is 0 Å². The van der Waals surface area contributed by atoms with Crippen molar-refractivity contribution in [1.82, 2.24) is 10.3 Å². The van der Waals surface area contributed by atoms with Crippen LogP contribution in [-0.2, 0) is 0 Å². The Hall–Kier alpha value is -1.61. The Morgan fingerprint density at radius 3 is 2.76 bits per heavy atom. The number of nitrogens with zero attached hydrogens (tertiary/aromatic N) is 1. The molecule has 21 heavy (non-hydrogen) atoms. The molecule has 0 bridgehead atoms. The summed E-state index contributed by atoms with van der Waals surface area (Å²) in [5.74, 6) is 0.901. The number of rotatable bonds is 10. The lowest BCUT2D eigenvalue weighted by Gasteiger charge is -2.08. The molecule has 0 spiro atoms. The summed E-state index contributed by atoms with van der Waals surface area (Å²) in [6.07, 6.45) is 7.90. The van der Waals surface area contributed by atoms with Crippen LogP contribution in [0.1, 0.15) is 39.0 Å². The van der Waals surface area contributed by atoms with E-state index in [2.05, 4.69) is 29.4 Å². The van der Waals surface area contributed by atoms with Crippen LogP contribution in [0.5, 0.6) is 5.75 Å². The number of para-hydroxylation sites is 1. The first kappa shape index (κ1) is 15.8. The number of nitrogens with one attached hydrogen (secondary N) is 1. The average Bonchev–Trinajstić information content (AvgIpc) is 2.53. The second-order valence-electron chi connectivity index (χ2n) is 5.34. The summed E-state index contributed by atoms with van der Waals surface area (Å²) in [5, 5.41) is 4.57. The lowest BCUT2D eigenvalue weighted by Crippen LogP contribution is -2.15. The molecule has 0 radical (unpaired) electrons. The van der Waals surface area contributed by atoms with E-state index < -0.39 is 0 Å². The van der Waals surface area contributed by atoms with Crippen molar-refractivity contribution in [3.8, 4) is 5.75 Å². The highest BCUT2D eigenvalue weighted by molar-refractivity contribution is 5.84. The zero-order valence-electron chi connectivity index (χ0n) is 13.0. The Kier molecular flexibility index (Phi) is 7.02. The van der Waals surface area contributed by atoms with Crippen molar-refractivity contribution in [3.63, 3.8) is 0 Å². The van der Waals surface area contributed by atoms with E-state index in [0.29, 0.717) is 0 Å². The molecule has 0 fully saturated rings. The molecule has 0 saturated carbocycles. The molecule has 1 N–H and O–H groups in total. The van der Waals surface area contributed by atoms with Gasteiger partial charge in [-0.2, -0.15) is 0 Å². The summed E-state index contributed by atoms with van der Waals surface area (Å²) in [4.78, 5) is 4.40. The molecule has 0 aliphatic rings. The highest BCUT2D eigenvalue weighted by Crippen LogP contribution is 2.23. The third-order valence-electron chi connectivity index (χ3n) is 3.53. The Bertz CT molecular complexity index is 522. The summed E-state index contributed by atoms with van der Waals surface area (Å²) in [6, 6.07) is 10.1. The SMILES string of the molecule is CCCNCCCCCCOc1cccc2cccnc12. The van der Waals surface area contributed by atoms with Gasteiger partial charge in [0.25, 0.3) is 0 Å². The van der Waals surface area contributed by atoms with Crippen molar-refractivity contribution >= 4 is 10.9 Å². The third kappa shape index (κ3) is 5.35. The normalized spacial score (nSPS) is 10.9. The lowest BCUT2D eigenvalue weighted by molar-refractivity contribution is 0.307. The number of aromatic nitrogens is 1. The highest BCUT2D eigenvalue weighted by atomic mass is 16.5. The summed E-state index contributed by atoms with van der Waals surface area (Å²) >= 11 is 0. The Morgan fingerprint density at radius 1 is 1.00 bits per heavy atom. The fraction of sp³-hybridized carbons (Fsp3) is 0.500. The molecule has 114 valence electrons. The third-order valence-corrected chi connectivity index (χ3v) is 3.53. The van der Waals surface area contributed by atoms with Gasteiger partial charge in [0.05, 0.1) is 6.61 Å². The van der Waals surface area contributed by atoms with Gasteiger partial charge in [-0.3, -0.25) is 4.98 Å². The van der Waals surface area contributed by atoms with E-state index in [9.17, 15) is 0 Å². The van der Waals surface area contributed by atoms with Crippen molar-refractivity contribution in [2.45, 2.75) is 39.0 Å². The first-order valence-electron chi connectivity index (χ1n) is 8.09. The smallest absolute Gasteiger partial charge is 0.145 e. The minimum Gasteiger partial charge on any atom is -0.491 e. The standard InChI is InChI=1S/C18H26N2O/c1-2-12-19-13-5-3-4-6-15-21-17-11-7-9-16-10-8-14-20-18(16)17/h7-11,14,19H,2-6,12-13,15H2,1H3. The first-order chi connectivity index (χ1) is 10.4. The Balaban J connectivity index is 1.64. The molecule has 2 rings (SSSR count). The number of hydrogen-bond acceptors (Lipinski definition) is 3. The molecular formula is C18H26N2O. The number of fused-ring (bicyclic) bond motifs is 1. The van der Waals surface area contributed by atoms with E-state index >= 15 is 0 Å². The summed E-state index contributed by atoms with van der Waals surface area (Å²) in [5.41, 5.74) is 0.962. The van der Waals surface area contributed by atoms with Crippen LogP contribution in [0, 0.1) is 0 Å². The number of pyridine rings is 1. The molecule has 3 heteroatoms. The van der Waals surface area contributed by atoms with Crippen LogP contribution in [0.2, 0.25) is 0 Å². The van der Waals surface area contributed by atoms with Crippen molar-refractivity contribution < 1.29 is 4.74 Å². The largest absolute Gasteiger partial charge is 0.491 e. The van der Waals surface area contributed by atoms with Gasteiger partial charge in [0.1, 0.15) is 11.3 Å². The summed E-state index contributed by atoms with van der Waals surface area (Å²) < 4.78 is 5.89. The summed E-state index contributed by atoms with van der Waals surface area (Å²) in [6.45, 7) is 5.25. The van der Waals surface area contributed by atoms with E-state index in [1.807, 2.05) is 24.4 Å². The molecule has 0 aliphatic carbocycles. The maximum absolute atomic E-state index is 5.89. The zero-order chi connectivity index (χ0) is 14.8. The van der Waals surface area contributed by atoms with Crippen LogP contribution in [-0.4, -0.2) is 24.7 Å². The van der Waals surface area contributed by atoms with Gasteiger partial charge in [0, 0.05) is 11.6 Å². The zero-order valence-corrected chi connectivity index (χ0v) is 13.0. The highest BCUT2D eigenvalue weighted by Gasteiger charge is 2.02. The molecule has 1 aromatic heterocycles. The van der Waals surface area contributed by atoms with E-state index in [1.54, 1.807) is 0 Å². The fourth-order valence-corrected chi connectivity index (χ4v) is 2.38. The molecule has 0 aliphatic heterocycles. The van der Waals surface area contributed by atoms with Crippen molar-refractivity contribution in [3.05, 3.63) is 36.5 Å². The number of hydrogen-bond donors (Lipinski definition) is 1. The molecular weight excluding hydrogens is 260 g/mol. The van der Waals surface area contributed by atoms with E-state index in [1.165, 1.54) is 25.7 Å². The second kappa shape index (κ2) is 9.35. The van der Waals surface area contributed by atoms with Crippen LogP contribution >= 0.6 is 0 Å². The number of benzene rings is 1. The van der Waals surface area contributed by atoms with Crippen molar-refractivity contribution in [2.75, 3.05) is 19.7 Å². The fourth-order valence-electron chi connectivity index (χ4n) is 2.38. The Labute approximate surface area is 127 Å².